The second kappa shape index (κ2) is 10.8. The van der Waals surface area contributed by atoms with E-state index >= 15 is 0 Å². The number of piperazine rings is 1. The maximum Gasteiger partial charge on any atom is 0.251 e. The summed E-state index contributed by atoms with van der Waals surface area (Å²) < 4.78 is 0. The molecule has 1 saturated heterocycles. The molecule has 1 aliphatic heterocycles. The zero-order chi connectivity index (χ0) is 21.3. The number of guanidine groups is 1. The summed E-state index contributed by atoms with van der Waals surface area (Å²) >= 11 is 0. The van der Waals surface area contributed by atoms with E-state index in [0.29, 0.717) is 5.56 Å². The molecule has 160 valence electrons. The third kappa shape index (κ3) is 6.07. The monoisotopic (exact) mass is 407 g/mol. The highest BCUT2D eigenvalue weighted by Gasteiger charge is 2.19. The molecule has 1 heterocycles. The molecule has 0 spiro atoms. The van der Waals surface area contributed by atoms with E-state index in [4.69, 9.17) is 0 Å². The van der Waals surface area contributed by atoms with Crippen LogP contribution in [0.2, 0.25) is 0 Å². The number of benzene rings is 2. The molecule has 3 rings (SSSR count). The Morgan fingerprint density at radius 1 is 1.03 bits per heavy atom. The van der Waals surface area contributed by atoms with Gasteiger partial charge in [0.2, 0.25) is 0 Å². The Kier molecular flexibility index (Phi) is 7.85. The smallest absolute Gasteiger partial charge is 0.251 e. The molecule has 0 atom stereocenters. The van der Waals surface area contributed by atoms with Gasteiger partial charge >= 0.3 is 0 Å². The molecule has 1 aliphatic rings. The topological polar surface area (TPSA) is 60.0 Å². The average Bonchev–Trinajstić information content (AvgIpc) is 2.77. The highest BCUT2D eigenvalue weighted by Crippen LogP contribution is 2.11. The Labute approximate surface area is 180 Å². The lowest BCUT2D eigenvalue weighted by Gasteiger charge is -2.36. The van der Waals surface area contributed by atoms with Crippen molar-refractivity contribution in [2.24, 2.45) is 4.99 Å². The fraction of sp³-hybridized carbons (Fsp3) is 0.417. The van der Waals surface area contributed by atoms with Crippen LogP contribution in [-0.4, -0.2) is 68.5 Å². The molecule has 2 aromatic rings. The van der Waals surface area contributed by atoms with Crippen molar-refractivity contribution < 1.29 is 4.79 Å². The fourth-order valence-corrected chi connectivity index (χ4v) is 3.85. The minimum absolute atomic E-state index is 0.0517. The number of hydrogen-bond acceptors (Lipinski definition) is 3. The number of carbonyl (C=O) groups excluding carboxylic acids is 1. The van der Waals surface area contributed by atoms with Crippen molar-refractivity contribution in [2.45, 2.75) is 19.9 Å². The van der Waals surface area contributed by atoms with Crippen LogP contribution < -0.4 is 10.6 Å². The van der Waals surface area contributed by atoms with E-state index < -0.39 is 0 Å². The van der Waals surface area contributed by atoms with Crippen LogP contribution in [0.4, 0.5) is 0 Å². The number of rotatable bonds is 6. The first-order valence-corrected chi connectivity index (χ1v) is 10.6. The minimum atomic E-state index is -0.0517. The summed E-state index contributed by atoms with van der Waals surface area (Å²) in [6.45, 7) is 7.93. The number of amides is 1. The third-order valence-corrected chi connectivity index (χ3v) is 5.49. The van der Waals surface area contributed by atoms with Crippen LogP contribution in [0.25, 0.3) is 0 Å². The van der Waals surface area contributed by atoms with E-state index in [-0.39, 0.29) is 5.91 Å². The molecule has 30 heavy (non-hydrogen) atoms. The lowest BCUT2D eigenvalue weighted by Crippen LogP contribution is -2.52. The van der Waals surface area contributed by atoms with Crippen LogP contribution in [0.5, 0.6) is 0 Å². The van der Waals surface area contributed by atoms with Gasteiger partial charge in [0, 0.05) is 58.9 Å². The lowest BCUT2D eigenvalue weighted by molar-refractivity contribution is 0.0963. The number of carbonyl (C=O) groups is 1. The Hall–Kier alpha value is -2.86. The van der Waals surface area contributed by atoms with Crippen molar-refractivity contribution in [3.8, 4) is 0 Å². The molecular formula is C24H33N5O. The molecule has 0 bridgehead atoms. The highest BCUT2D eigenvalue weighted by atomic mass is 16.1. The molecule has 1 amide bonds. The van der Waals surface area contributed by atoms with Crippen molar-refractivity contribution in [3.63, 3.8) is 0 Å². The van der Waals surface area contributed by atoms with Gasteiger partial charge in [-0.05, 0) is 36.6 Å². The van der Waals surface area contributed by atoms with Crippen molar-refractivity contribution in [3.05, 3.63) is 70.8 Å². The van der Waals surface area contributed by atoms with Crippen LogP contribution in [0, 0.1) is 6.92 Å². The van der Waals surface area contributed by atoms with E-state index in [1.165, 1.54) is 11.1 Å². The van der Waals surface area contributed by atoms with Gasteiger partial charge in [-0.25, -0.2) is 0 Å². The van der Waals surface area contributed by atoms with Crippen molar-refractivity contribution in [2.75, 3.05) is 46.8 Å². The first-order valence-electron chi connectivity index (χ1n) is 10.6. The molecular weight excluding hydrogens is 374 g/mol. The van der Waals surface area contributed by atoms with Gasteiger partial charge in [0.15, 0.2) is 5.96 Å². The second-order valence-corrected chi connectivity index (χ2v) is 7.76. The van der Waals surface area contributed by atoms with Gasteiger partial charge in [-0.15, -0.1) is 0 Å². The number of aryl methyl sites for hydroxylation is 1. The Morgan fingerprint density at radius 3 is 2.47 bits per heavy atom. The van der Waals surface area contributed by atoms with Gasteiger partial charge in [0.1, 0.15) is 0 Å². The van der Waals surface area contributed by atoms with Crippen molar-refractivity contribution in [1.29, 1.82) is 0 Å². The molecule has 0 unspecified atom stereocenters. The summed E-state index contributed by atoms with van der Waals surface area (Å²) in [6, 6.07) is 16.5. The van der Waals surface area contributed by atoms with Gasteiger partial charge in [0.25, 0.3) is 5.91 Å². The SMILES string of the molecule is CN=C(NCCc1cccc(C(=O)NC)c1)N1CCN(Cc2cccc(C)c2)CC1. The molecule has 2 aromatic carbocycles. The Balaban J connectivity index is 1.45. The van der Waals surface area contributed by atoms with Crippen LogP contribution >= 0.6 is 0 Å². The first kappa shape index (κ1) is 21.8. The summed E-state index contributed by atoms with van der Waals surface area (Å²) in [5, 5.41) is 6.15. The third-order valence-electron chi connectivity index (χ3n) is 5.49. The number of hydrogen-bond donors (Lipinski definition) is 2. The zero-order valence-corrected chi connectivity index (χ0v) is 18.3. The fourth-order valence-electron chi connectivity index (χ4n) is 3.85. The maximum absolute atomic E-state index is 11.8. The largest absolute Gasteiger partial charge is 0.356 e. The van der Waals surface area contributed by atoms with Gasteiger partial charge < -0.3 is 15.5 Å². The van der Waals surface area contributed by atoms with Crippen LogP contribution in [0.15, 0.2) is 53.5 Å². The second-order valence-electron chi connectivity index (χ2n) is 7.76. The number of aliphatic imine (C=N–C) groups is 1. The van der Waals surface area contributed by atoms with Gasteiger partial charge in [-0.3, -0.25) is 14.7 Å². The van der Waals surface area contributed by atoms with Crippen LogP contribution in [0.1, 0.15) is 27.0 Å². The molecule has 1 fully saturated rings. The van der Waals surface area contributed by atoms with E-state index in [9.17, 15) is 4.79 Å². The van der Waals surface area contributed by atoms with E-state index in [1.54, 1.807) is 7.05 Å². The summed E-state index contributed by atoms with van der Waals surface area (Å²) in [7, 11) is 3.49. The molecule has 0 saturated carbocycles. The normalized spacial score (nSPS) is 15.2. The molecule has 6 heteroatoms. The van der Waals surface area contributed by atoms with Gasteiger partial charge in [-0.2, -0.15) is 0 Å². The van der Waals surface area contributed by atoms with E-state index in [2.05, 4.69) is 62.7 Å². The Bertz CT molecular complexity index is 871. The molecule has 0 aromatic heterocycles. The average molecular weight is 408 g/mol. The van der Waals surface area contributed by atoms with E-state index in [1.807, 2.05) is 25.2 Å². The predicted molar refractivity (Wildman–Crippen MR) is 123 cm³/mol. The van der Waals surface area contributed by atoms with Gasteiger partial charge in [0.05, 0.1) is 0 Å². The number of nitrogens with zero attached hydrogens (tertiary/aromatic N) is 3. The summed E-state index contributed by atoms with van der Waals surface area (Å²) in [5.41, 5.74) is 4.53. The molecule has 0 aliphatic carbocycles. The molecule has 0 radical (unpaired) electrons. The summed E-state index contributed by atoms with van der Waals surface area (Å²) in [5.74, 6) is 0.900. The predicted octanol–water partition coefficient (Wildman–Crippen LogP) is 2.29. The lowest BCUT2D eigenvalue weighted by atomic mass is 10.1. The van der Waals surface area contributed by atoms with E-state index in [0.717, 1.165) is 57.2 Å². The minimum Gasteiger partial charge on any atom is -0.356 e. The molecule has 6 nitrogen and oxygen atoms in total. The molecule has 2 N–H and O–H groups in total. The number of nitrogens with one attached hydrogen (secondary N) is 2. The first-order chi connectivity index (χ1) is 14.6. The standard InChI is InChI=1S/C24H33N5O/c1-19-6-4-8-21(16-19)18-28-12-14-29(15-13-28)24(26-3)27-11-10-20-7-5-9-22(17-20)23(30)25-2/h4-9,16-17H,10-15,18H2,1-3H3,(H,25,30)(H,26,27). The van der Waals surface area contributed by atoms with Gasteiger partial charge in [-0.1, -0.05) is 42.0 Å². The summed E-state index contributed by atoms with van der Waals surface area (Å²) in [4.78, 5) is 21.1. The van der Waals surface area contributed by atoms with Crippen LogP contribution in [-0.2, 0) is 13.0 Å². The quantitative estimate of drug-likeness (QED) is 0.570. The van der Waals surface area contributed by atoms with Crippen LogP contribution in [0.3, 0.4) is 0 Å². The zero-order valence-electron chi connectivity index (χ0n) is 18.3. The summed E-state index contributed by atoms with van der Waals surface area (Å²) in [6.07, 6.45) is 0.844. The van der Waals surface area contributed by atoms with Crippen molar-refractivity contribution in [1.82, 2.24) is 20.4 Å². The highest BCUT2D eigenvalue weighted by molar-refractivity contribution is 5.94. The van der Waals surface area contributed by atoms with Crippen molar-refractivity contribution >= 4 is 11.9 Å². The Morgan fingerprint density at radius 2 is 1.77 bits per heavy atom. The maximum atomic E-state index is 11.8.